The Morgan fingerprint density at radius 2 is 1.22 bits per heavy atom. The number of nitrogens with one attached hydrogen (secondary N) is 2. The van der Waals surface area contributed by atoms with E-state index in [1.165, 1.54) is 0 Å². The fourth-order valence-electron chi connectivity index (χ4n) is 3.56. The minimum Gasteiger partial charge on any atom is -0.359 e. The van der Waals surface area contributed by atoms with Gasteiger partial charge in [-0.3, -0.25) is 0 Å². The van der Waals surface area contributed by atoms with Crippen LogP contribution in [0.15, 0.2) is 78.9 Å². The number of rotatable bonds is 7. The molecule has 0 fully saturated rings. The lowest BCUT2D eigenvalue weighted by atomic mass is 10.1. The predicted octanol–water partition coefficient (Wildman–Crippen LogP) is 7.17. The molecule has 0 aliphatic carbocycles. The summed E-state index contributed by atoms with van der Waals surface area (Å²) in [6.45, 7) is 3.96. The third-order valence-corrected chi connectivity index (χ3v) is 8.30. The van der Waals surface area contributed by atoms with Crippen molar-refractivity contribution in [3.8, 4) is 0 Å². The average molecular weight is 543 g/mol. The monoisotopic (exact) mass is 542 g/mol. The first-order chi connectivity index (χ1) is 16.8. The maximum atomic E-state index is 13.2. The van der Waals surface area contributed by atoms with Crippen molar-refractivity contribution in [3.63, 3.8) is 0 Å². The maximum absolute atomic E-state index is 13.2. The van der Waals surface area contributed by atoms with Gasteiger partial charge in [-0.25, -0.2) is 0 Å². The molecule has 1 atom stereocenters. The Morgan fingerprint density at radius 1 is 0.778 bits per heavy atom. The van der Waals surface area contributed by atoms with Gasteiger partial charge in [-0.15, -0.1) is 0 Å². The lowest BCUT2D eigenvalue weighted by Crippen LogP contribution is -2.44. The molecule has 0 aliphatic heterocycles. The Balaban J connectivity index is 1.84. The summed E-state index contributed by atoms with van der Waals surface area (Å²) in [5.41, 5.74) is -3.19. The van der Waals surface area contributed by atoms with Crippen molar-refractivity contribution in [2.45, 2.75) is 32.2 Å². The lowest BCUT2D eigenvalue weighted by Gasteiger charge is -2.29. The molecule has 3 aromatic carbocycles. The summed E-state index contributed by atoms with van der Waals surface area (Å²) in [6, 6.07) is 21.1. The fourth-order valence-corrected chi connectivity index (χ4v) is 6.52. The summed E-state index contributed by atoms with van der Waals surface area (Å²) >= 11 is 5.31. The second-order valence-electron chi connectivity index (χ2n) is 8.53. The van der Waals surface area contributed by atoms with E-state index in [0.717, 1.165) is 10.6 Å². The van der Waals surface area contributed by atoms with E-state index in [1.54, 1.807) is 0 Å². The van der Waals surface area contributed by atoms with Crippen molar-refractivity contribution in [1.82, 2.24) is 5.32 Å². The van der Waals surface area contributed by atoms with Crippen molar-refractivity contribution in [2.24, 2.45) is 5.92 Å². The zero-order valence-electron chi connectivity index (χ0n) is 19.5. The van der Waals surface area contributed by atoms with Crippen LogP contribution >= 0.6 is 20.1 Å². The molecule has 2 nitrogen and oxygen atoms in total. The minimum absolute atomic E-state index is 0.0442. The van der Waals surface area contributed by atoms with Gasteiger partial charge < -0.3 is 10.6 Å². The number of benzene rings is 3. The van der Waals surface area contributed by atoms with Crippen LogP contribution in [0.25, 0.3) is 0 Å². The molecule has 0 aromatic heterocycles. The second-order valence-corrected chi connectivity index (χ2v) is 11.2. The van der Waals surface area contributed by atoms with Gasteiger partial charge in [0.25, 0.3) is 0 Å². The smallest absolute Gasteiger partial charge is 0.359 e. The van der Waals surface area contributed by atoms with Crippen LogP contribution in [-0.2, 0) is 12.4 Å². The van der Waals surface area contributed by atoms with Gasteiger partial charge in [-0.2, -0.15) is 26.3 Å². The molecule has 36 heavy (non-hydrogen) atoms. The van der Waals surface area contributed by atoms with Crippen LogP contribution in [0.4, 0.5) is 32.0 Å². The quantitative estimate of drug-likeness (QED) is 0.188. The lowest BCUT2D eigenvalue weighted by molar-refractivity contribution is -0.143. The van der Waals surface area contributed by atoms with E-state index in [9.17, 15) is 26.3 Å². The Kier molecular flexibility index (Phi) is 9.01. The minimum atomic E-state index is -4.94. The van der Waals surface area contributed by atoms with Gasteiger partial charge >= 0.3 is 12.4 Å². The highest BCUT2D eigenvalue weighted by atomic mass is 32.1. The van der Waals surface area contributed by atoms with Crippen LogP contribution in [0.3, 0.4) is 0 Å². The number of halogens is 6. The van der Waals surface area contributed by atoms with Gasteiger partial charge in [0.1, 0.15) is 0 Å². The Labute approximate surface area is 212 Å². The Bertz CT molecular complexity index is 1080. The van der Waals surface area contributed by atoms with Gasteiger partial charge in [0, 0.05) is 11.7 Å². The molecule has 10 heteroatoms. The number of thiocarbonyl (C=S) groups is 1. The summed E-state index contributed by atoms with van der Waals surface area (Å²) in [4.78, 5) is 0. The van der Waals surface area contributed by atoms with Gasteiger partial charge in [0.2, 0.25) is 0 Å². The van der Waals surface area contributed by atoms with Gasteiger partial charge in [-0.05, 0) is 61.0 Å². The topological polar surface area (TPSA) is 24.1 Å². The van der Waals surface area contributed by atoms with E-state index >= 15 is 0 Å². The number of anilines is 1. The highest BCUT2D eigenvalue weighted by molar-refractivity contribution is 7.80. The first kappa shape index (κ1) is 27.9. The molecule has 3 aromatic rings. The molecule has 0 unspecified atom stereocenters. The van der Waals surface area contributed by atoms with E-state index in [-0.39, 0.29) is 28.8 Å². The van der Waals surface area contributed by atoms with Crippen LogP contribution in [0.5, 0.6) is 0 Å². The summed E-state index contributed by atoms with van der Waals surface area (Å²) in [7, 11) is -0.801. The largest absolute Gasteiger partial charge is 0.416 e. The third kappa shape index (κ3) is 7.68. The molecule has 0 radical (unpaired) electrons. The first-order valence-electron chi connectivity index (χ1n) is 11.1. The summed E-state index contributed by atoms with van der Waals surface area (Å²) in [5.74, 6) is 0.0782. The summed E-state index contributed by atoms with van der Waals surface area (Å²) in [6.07, 6.45) is -9.21. The normalized spacial score (nSPS) is 13.1. The van der Waals surface area contributed by atoms with Crippen LogP contribution in [0, 0.1) is 5.92 Å². The van der Waals surface area contributed by atoms with Gasteiger partial charge in [0.15, 0.2) is 5.11 Å². The van der Waals surface area contributed by atoms with Crippen LogP contribution in [0.1, 0.15) is 25.0 Å². The molecule has 0 spiro atoms. The fraction of sp³-hybridized carbons (Fsp3) is 0.269. The Morgan fingerprint density at radius 3 is 1.61 bits per heavy atom. The van der Waals surface area contributed by atoms with Crippen LogP contribution < -0.4 is 21.2 Å². The molecular weight excluding hydrogens is 517 g/mol. The molecule has 0 amide bonds. The number of alkyl halides is 6. The van der Waals surface area contributed by atoms with E-state index in [1.807, 2.05) is 74.5 Å². The second kappa shape index (κ2) is 11.6. The van der Waals surface area contributed by atoms with Crippen molar-refractivity contribution in [1.29, 1.82) is 0 Å². The molecule has 0 saturated carbocycles. The van der Waals surface area contributed by atoms with Crippen molar-refractivity contribution >= 4 is 41.5 Å². The third-order valence-electron chi connectivity index (χ3n) is 5.48. The average Bonchev–Trinajstić information content (AvgIpc) is 2.81. The standard InChI is InChI=1S/C26H25F6N2PS/c1-17(2)23(16-35(21-9-5-3-6-10-21)22-11-7-4-8-12-22)34-24(36)33-20-14-18(25(27,28)29)13-19(15-20)26(30,31)32/h3-15,17,23H,16H2,1-2H3,(H2,33,34,36)/t23-/m1/s1. The van der Waals surface area contributed by atoms with Crippen molar-refractivity contribution in [2.75, 3.05) is 11.5 Å². The number of hydrogen-bond donors (Lipinski definition) is 2. The highest BCUT2D eigenvalue weighted by Crippen LogP contribution is 2.38. The summed E-state index contributed by atoms with van der Waals surface area (Å²) in [5, 5.41) is 7.92. The molecule has 0 heterocycles. The van der Waals surface area contributed by atoms with Gasteiger partial charge in [-0.1, -0.05) is 74.5 Å². The van der Waals surface area contributed by atoms with Crippen LogP contribution in [-0.4, -0.2) is 17.3 Å². The van der Waals surface area contributed by atoms with Crippen molar-refractivity contribution < 1.29 is 26.3 Å². The molecule has 2 N–H and O–H groups in total. The molecule has 0 bridgehead atoms. The zero-order chi connectivity index (χ0) is 26.5. The zero-order valence-corrected chi connectivity index (χ0v) is 21.2. The summed E-state index contributed by atoms with van der Waals surface area (Å²) < 4.78 is 79.3. The SMILES string of the molecule is CC(C)[C@@H](CP(c1ccccc1)c1ccccc1)NC(=S)Nc1cc(C(F)(F)F)cc(C(F)(F)F)c1. The molecular formula is C26H25F6N2PS. The van der Waals surface area contributed by atoms with E-state index in [4.69, 9.17) is 12.2 Å². The number of hydrogen-bond acceptors (Lipinski definition) is 1. The predicted molar refractivity (Wildman–Crippen MR) is 138 cm³/mol. The van der Waals surface area contributed by atoms with Crippen LogP contribution in [0.2, 0.25) is 0 Å². The molecule has 0 aliphatic rings. The molecule has 192 valence electrons. The van der Waals surface area contributed by atoms with E-state index < -0.39 is 31.4 Å². The van der Waals surface area contributed by atoms with Gasteiger partial charge in [0.05, 0.1) is 11.1 Å². The maximum Gasteiger partial charge on any atom is 0.416 e. The van der Waals surface area contributed by atoms with E-state index in [2.05, 4.69) is 10.6 Å². The van der Waals surface area contributed by atoms with E-state index in [0.29, 0.717) is 18.3 Å². The highest BCUT2D eigenvalue weighted by Gasteiger charge is 2.37. The first-order valence-corrected chi connectivity index (χ1v) is 13.0. The Hall–Kier alpha value is -2.64. The molecule has 0 saturated heterocycles. The van der Waals surface area contributed by atoms with Crippen molar-refractivity contribution in [3.05, 3.63) is 90.0 Å². The molecule has 3 rings (SSSR count).